The van der Waals surface area contributed by atoms with Gasteiger partial charge in [-0.05, 0) is 12.8 Å². The molecule has 1 fully saturated rings. The molecule has 1 aliphatic rings. The van der Waals surface area contributed by atoms with Crippen molar-refractivity contribution in [1.29, 1.82) is 0 Å². The Kier molecular flexibility index (Phi) is 3.47. The fourth-order valence-electron chi connectivity index (χ4n) is 1.21. The summed E-state index contributed by atoms with van der Waals surface area (Å²) in [4.78, 5) is 0. The molecule has 1 N–H and O–H groups in total. The van der Waals surface area contributed by atoms with Crippen molar-refractivity contribution in [1.82, 2.24) is 4.31 Å². The number of hydrogen-bond acceptors (Lipinski definition) is 3. The van der Waals surface area contributed by atoms with Gasteiger partial charge in [0.2, 0.25) is 10.0 Å². The predicted octanol–water partition coefficient (Wildman–Crippen LogP) is -0.0411. The van der Waals surface area contributed by atoms with Crippen molar-refractivity contribution in [3.63, 3.8) is 0 Å². The molecule has 0 heterocycles. The highest BCUT2D eigenvalue weighted by Crippen LogP contribution is 2.29. The van der Waals surface area contributed by atoms with Crippen molar-refractivity contribution in [3.8, 4) is 0 Å². The van der Waals surface area contributed by atoms with Gasteiger partial charge in [0.15, 0.2) is 0 Å². The molecule has 4 nitrogen and oxygen atoms in total. The van der Waals surface area contributed by atoms with E-state index in [4.69, 9.17) is 5.11 Å². The molecule has 0 aliphatic heterocycles. The maximum absolute atomic E-state index is 11.5. The van der Waals surface area contributed by atoms with Crippen molar-refractivity contribution in [2.24, 2.45) is 0 Å². The maximum Gasteiger partial charge on any atom is 0.216 e. The second kappa shape index (κ2) is 4.21. The summed E-state index contributed by atoms with van der Waals surface area (Å²) in [6, 6.07) is 0.148. The lowest BCUT2D eigenvalue weighted by Gasteiger charge is -2.19. The van der Waals surface area contributed by atoms with Crippen LogP contribution in [0.15, 0.2) is 12.7 Å². The third-order valence-electron chi connectivity index (χ3n) is 1.97. The molecule has 0 aromatic carbocycles. The van der Waals surface area contributed by atoms with Gasteiger partial charge in [0.05, 0.1) is 12.4 Å². The molecule has 0 saturated heterocycles. The first-order chi connectivity index (χ1) is 6.11. The molecule has 0 aromatic rings. The molecule has 1 saturated carbocycles. The van der Waals surface area contributed by atoms with Crippen molar-refractivity contribution < 1.29 is 13.5 Å². The second-order valence-electron chi connectivity index (χ2n) is 3.13. The first kappa shape index (κ1) is 10.7. The number of aliphatic hydroxyl groups is 1. The van der Waals surface area contributed by atoms with Crippen LogP contribution in [-0.2, 0) is 10.0 Å². The number of aliphatic hydroxyl groups excluding tert-OH is 1. The van der Waals surface area contributed by atoms with Crippen LogP contribution in [0.1, 0.15) is 12.8 Å². The number of rotatable bonds is 6. The summed E-state index contributed by atoms with van der Waals surface area (Å²) in [6.07, 6.45) is 3.43. The Morgan fingerprint density at radius 3 is 2.54 bits per heavy atom. The summed E-state index contributed by atoms with van der Waals surface area (Å²) in [7, 11) is -3.26. The molecular formula is C8H15NO3S. The Bertz CT molecular complexity index is 269. The van der Waals surface area contributed by atoms with Gasteiger partial charge in [-0.2, -0.15) is 4.31 Å². The lowest BCUT2D eigenvalue weighted by atomic mass is 10.6. The summed E-state index contributed by atoms with van der Waals surface area (Å²) in [6.45, 7) is 3.55. The minimum Gasteiger partial charge on any atom is -0.395 e. The van der Waals surface area contributed by atoms with E-state index in [1.165, 1.54) is 4.31 Å². The molecule has 0 aromatic heterocycles. The van der Waals surface area contributed by atoms with Gasteiger partial charge in [0.25, 0.3) is 0 Å². The molecular weight excluding hydrogens is 190 g/mol. The number of nitrogens with zero attached hydrogens (tertiary/aromatic N) is 1. The zero-order chi connectivity index (χ0) is 9.90. The standard InChI is InChI=1S/C8H15NO3S/c1-2-5-9(8-3-4-8)13(11,12)7-6-10/h2,8,10H,1,3-7H2. The zero-order valence-corrected chi connectivity index (χ0v) is 8.33. The van der Waals surface area contributed by atoms with Gasteiger partial charge >= 0.3 is 0 Å². The number of sulfonamides is 1. The fourth-order valence-corrected chi connectivity index (χ4v) is 2.67. The molecule has 76 valence electrons. The molecule has 13 heavy (non-hydrogen) atoms. The SMILES string of the molecule is C=CCN(C1CC1)S(=O)(=O)CCO. The van der Waals surface area contributed by atoms with Gasteiger partial charge in [-0.25, -0.2) is 8.42 Å². The first-order valence-corrected chi connectivity index (χ1v) is 5.94. The molecule has 0 spiro atoms. The highest BCUT2D eigenvalue weighted by molar-refractivity contribution is 7.89. The van der Waals surface area contributed by atoms with E-state index < -0.39 is 10.0 Å². The smallest absolute Gasteiger partial charge is 0.216 e. The molecule has 0 bridgehead atoms. The first-order valence-electron chi connectivity index (χ1n) is 4.33. The van der Waals surface area contributed by atoms with E-state index in [0.717, 1.165) is 12.8 Å². The van der Waals surface area contributed by atoms with Crippen LogP contribution in [0.5, 0.6) is 0 Å². The Morgan fingerprint density at radius 1 is 1.54 bits per heavy atom. The predicted molar refractivity (Wildman–Crippen MR) is 50.8 cm³/mol. The van der Waals surface area contributed by atoms with Crippen LogP contribution in [-0.4, -0.2) is 42.8 Å². The molecule has 1 rings (SSSR count). The quantitative estimate of drug-likeness (QED) is 0.619. The van der Waals surface area contributed by atoms with E-state index in [9.17, 15) is 8.42 Å². The fraction of sp³-hybridized carbons (Fsp3) is 0.750. The van der Waals surface area contributed by atoms with E-state index in [-0.39, 0.29) is 18.4 Å². The van der Waals surface area contributed by atoms with Gasteiger partial charge in [-0.15, -0.1) is 6.58 Å². The highest BCUT2D eigenvalue weighted by atomic mass is 32.2. The van der Waals surface area contributed by atoms with Gasteiger partial charge in [-0.1, -0.05) is 6.08 Å². The Labute approximate surface area is 78.9 Å². The van der Waals surface area contributed by atoms with E-state index >= 15 is 0 Å². The van der Waals surface area contributed by atoms with Crippen molar-refractivity contribution in [3.05, 3.63) is 12.7 Å². The topological polar surface area (TPSA) is 57.6 Å². The normalized spacial score (nSPS) is 17.7. The largest absolute Gasteiger partial charge is 0.395 e. The van der Waals surface area contributed by atoms with Gasteiger partial charge in [0, 0.05) is 12.6 Å². The molecule has 0 atom stereocenters. The van der Waals surface area contributed by atoms with Crippen LogP contribution in [0.3, 0.4) is 0 Å². The Balaban J connectivity index is 2.67. The average Bonchev–Trinajstić information content (AvgIpc) is 2.82. The van der Waals surface area contributed by atoms with Crippen LogP contribution in [0.25, 0.3) is 0 Å². The highest BCUT2D eigenvalue weighted by Gasteiger charge is 2.35. The summed E-state index contributed by atoms with van der Waals surface area (Å²) in [5, 5.41) is 8.59. The number of hydrogen-bond donors (Lipinski definition) is 1. The molecule has 1 aliphatic carbocycles. The molecule has 0 unspecified atom stereocenters. The van der Waals surface area contributed by atoms with Crippen molar-refractivity contribution in [2.75, 3.05) is 18.9 Å². The minimum atomic E-state index is -3.26. The van der Waals surface area contributed by atoms with E-state index in [2.05, 4.69) is 6.58 Å². The van der Waals surface area contributed by atoms with Crippen LogP contribution >= 0.6 is 0 Å². The van der Waals surface area contributed by atoms with Crippen LogP contribution in [0.4, 0.5) is 0 Å². The summed E-state index contributed by atoms with van der Waals surface area (Å²) < 4.78 is 24.5. The second-order valence-corrected chi connectivity index (χ2v) is 5.17. The van der Waals surface area contributed by atoms with E-state index in [1.807, 2.05) is 0 Å². The van der Waals surface area contributed by atoms with Crippen LogP contribution < -0.4 is 0 Å². The van der Waals surface area contributed by atoms with Gasteiger partial charge in [0.1, 0.15) is 0 Å². The van der Waals surface area contributed by atoms with E-state index in [0.29, 0.717) is 6.54 Å². The third kappa shape index (κ3) is 2.79. The summed E-state index contributed by atoms with van der Waals surface area (Å²) in [5.74, 6) is -0.183. The van der Waals surface area contributed by atoms with Crippen LogP contribution in [0.2, 0.25) is 0 Å². The van der Waals surface area contributed by atoms with Crippen molar-refractivity contribution in [2.45, 2.75) is 18.9 Å². The van der Waals surface area contributed by atoms with Crippen LogP contribution in [0, 0.1) is 0 Å². The zero-order valence-electron chi connectivity index (χ0n) is 7.52. The maximum atomic E-state index is 11.5. The molecule has 0 radical (unpaired) electrons. The van der Waals surface area contributed by atoms with Gasteiger partial charge < -0.3 is 5.11 Å². The van der Waals surface area contributed by atoms with E-state index in [1.54, 1.807) is 6.08 Å². The lowest BCUT2D eigenvalue weighted by molar-refractivity contribution is 0.315. The molecule has 0 amide bonds. The Hall–Kier alpha value is -0.390. The van der Waals surface area contributed by atoms with Gasteiger partial charge in [-0.3, -0.25) is 0 Å². The monoisotopic (exact) mass is 205 g/mol. The minimum absolute atomic E-state index is 0.148. The molecule has 5 heteroatoms. The summed E-state index contributed by atoms with van der Waals surface area (Å²) in [5.41, 5.74) is 0. The van der Waals surface area contributed by atoms with Crippen molar-refractivity contribution >= 4 is 10.0 Å². The lowest BCUT2D eigenvalue weighted by Crippen LogP contribution is -2.35. The Morgan fingerprint density at radius 2 is 2.15 bits per heavy atom. The average molecular weight is 205 g/mol. The summed E-state index contributed by atoms with van der Waals surface area (Å²) >= 11 is 0. The third-order valence-corrected chi connectivity index (χ3v) is 3.83.